The number of alkyl halides is 2. The van der Waals surface area contributed by atoms with Crippen molar-refractivity contribution >= 4 is 11.6 Å². The summed E-state index contributed by atoms with van der Waals surface area (Å²) in [7, 11) is 1.64. The maximum atomic E-state index is 12.5. The minimum absolute atomic E-state index is 0.0304. The van der Waals surface area contributed by atoms with Crippen molar-refractivity contribution in [2.45, 2.75) is 13.0 Å². The number of hydrogen-bond donors (Lipinski definition) is 0. The van der Waals surface area contributed by atoms with Crippen molar-refractivity contribution in [3.63, 3.8) is 0 Å². The molecule has 27 heavy (non-hydrogen) atoms. The van der Waals surface area contributed by atoms with Crippen molar-refractivity contribution in [1.29, 1.82) is 0 Å². The third kappa shape index (κ3) is 5.09. The van der Waals surface area contributed by atoms with Gasteiger partial charge in [-0.2, -0.15) is 8.78 Å². The Morgan fingerprint density at radius 3 is 2.37 bits per heavy atom. The van der Waals surface area contributed by atoms with E-state index < -0.39 is 6.61 Å². The minimum atomic E-state index is -2.85. The van der Waals surface area contributed by atoms with Gasteiger partial charge in [0.25, 0.3) is 0 Å². The highest BCUT2D eigenvalue weighted by atomic mass is 19.3. The van der Waals surface area contributed by atoms with Crippen LogP contribution in [0.2, 0.25) is 0 Å². The van der Waals surface area contributed by atoms with Crippen LogP contribution in [0.25, 0.3) is 0 Å². The lowest BCUT2D eigenvalue weighted by atomic mass is 10.1. The smallest absolute Gasteiger partial charge is 0.387 e. The summed E-state index contributed by atoms with van der Waals surface area (Å²) in [6.45, 7) is -0.0656. The second-order valence-electron chi connectivity index (χ2n) is 6.27. The lowest BCUT2D eigenvalue weighted by molar-refractivity contribution is -0.130. The Hall–Kier alpha value is -2.83. The summed E-state index contributed by atoms with van der Waals surface area (Å²) < 4.78 is 33.9. The molecule has 5 nitrogen and oxygen atoms in total. The fourth-order valence-electron chi connectivity index (χ4n) is 3.10. The van der Waals surface area contributed by atoms with Gasteiger partial charge in [0.2, 0.25) is 5.91 Å². The quantitative estimate of drug-likeness (QED) is 0.777. The van der Waals surface area contributed by atoms with Crippen molar-refractivity contribution < 1.29 is 23.0 Å². The molecule has 2 aromatic rings. The van der Waals surface area contributed by atoms with E-state index in [2.05, 4.69) is 9.64 Å². The summed E-state index contributed by atoms with van der Waals surface area (Å²) in [6, 6.07) is 14.1. The predicted octanol–water partition coefficient (Wildman–Crippen LogP) is 3.19. The Kier molecular flexibility index (Phi) is 6.11. The SMILES string of the molecule is COc1cccc(N2CCN(C(=O)Cc3ccc(OC(F)F)cc3)CC2)c1. The van der Waals surface area contributed by atoms with Crippen LogP contribution in [0.4, 0.5) is 14.5 Å². The molecule has 2 aromatic carbocycles. The van der Waals surface area contributed by atoms with Crippen LogP contribution in [0, 0.1) is 0 Å². The second-order valence-corrected chi connectivity index (χ2v) is 6.27. The van der Waals surface area contributed by atoms with Crippen molar-refractivity contribution in [2.24, 2.45) is 0 Å². The Morgan fingerprint density at radius 1 is 1.04 bits per heavy atom. The Bertz CT molecular complexity index is 760. The van der Waals surface area contributed by atoms with E-state index in [-0.39, 0.29) is 18.1 Å². The van der Waals surface area contributed by atoms with Crippen molar-refractivity contribution in [2.75, 3.05) is 38.2 Å². The van der Waals surface area contributed by atoms with Gasteiger partial charge in [-0.1, -0.05) is 18.2 Å². The van der Waals surface area contributed by atoms with Crippen molar-refractivity contribution in [1.82, 2.24) is 4.90 Å². The van der Waals surface area contributed by atoms with Crippen LogP contribution in [0.5, 0.6) is 11.5 Å². The summed E-state index contributed by atoms with van der Waals surface area (Å²) in [5, 5.41) is 0. The Labute approximate surface area is 157 Å². The third-order valence-corrected chi connectivity index (χ3v) is 4.55. The number of benzene rings is 2. The van der Waals surface area contributed by atoms with Gasteiger partial charge in [0, 0.05) is 37.9 Å². The number of methoxy groups -OCH3 is 1. The van der Waals surface area contributed by atoms with Crippen LogP contribution < -0.4 is 14.4 Å². The predicted molar refractivity (Wildman–Crippen MR) is 98.6 cm³/mol. The normalized spacial score (nSPS) is 14.4. The zero-order chi connectivity index (χ0) is 19.2. The van der Waals surface area contributed by atoms with E-state index in [1.165, 1.54) is 12.1 Å². The second kappa shape index (κ2) is 8.70. The Morgan fingerprint density at radius 2 is 1.74 bits per heavy atom. The third-order valence-electron chi connectivity index (χ3n) is 4.55. The summed E-state index contributed by atoms with van der Waals surface area (Å²) in [6.07, 6.45) is 0.244. The van der Waals surface area contributed by atoms with E-state index in [9.17, 15) is 13.6 Å². The fourth-order valence-corrected chi connectivity index (χ4v) is 3.10. The van der Waals surface area contributed by atoms with Crippen LogP contribution in [0.15, 0.2) is 48.5 Å². The topological polar surface area (TPSA) is 42.0 Å². The largest absolute Gasteiger partial charge is 0.497 e. The molecule has 0 spiro atoms. The number of piperazine rings is 1. The van der Waals surface area contributed by atoms with Gasteiger partial charge in [-0.05, 0) is 29.8 Å². The van der Waals surface area contributed by atoms with Crippen LogP contribution >= 0.6 is 0 Å². The lowest BCUT2D eigenvalue weighted by Gasteiger charge is -2.36. The molecule has 3 rings (SSSR count). The monoisotopic (exact) mass is 376 g/mol. The van der Waals surface area contributed by atoms with Gasteiger partial charge >= 0.3 is 6.61 Å². The maximum Gasteiger partial charge on any atom is 0.387 e. The van der Waals surface area contributed by atoms with E-state index in [1.807, 2.05) is 29.2 Å². The van der Waals surface area contributed by atoms with Gasteiger partial charge < -0.3 is 19.3 Å². The van der Waals surface area contributed by atoms with E-state index in [0.29, 0.717) is 13.1 Å². The molecule has 1 aliphatic rings. The molecule has 0 atom stereocenters. The fraction of sp³-hybridized carbons (Fsp3) is 0.350. The number of rotatable bonds is 6. The molecule has 1 heterocycles. The number of carbonyl (C=O) groups is 1. The van der Waals surface area contributed by atoms with E-state index in [1.54, 1.807) is 19.2 Å². The highest BCUT2D eigenvalue weighted by molar-refractivity contribution is 5.79. The minimum Gasteiger partial charge on any atom is -0.497 e. The van der Waals surface area contributed by atoms with Crippen molar-refractivity contribution in [3.05, 3.63) is 54.1 Å². The molecular weight excluding hydrogens is 354 g/mol. The molecule has 0 radical (unpaired) electrons. The molecule has 0 N–H and O–H groups in total. The molecule has 0 aliphatic carbocycles. The van der Waals surface area contributed by atoms with E-state index >= 15 is 0 Å². The number of anilines is 1. The summed E-state index contributed by atoms with van der Waals surface area (Å²) >= 11 is 0. The summed E-state index contributed by atoms with van der Waals surface area (Å²) in [4.78, 5) is 16.6. The number of hydrogen-bond acceptors (Lipinski definition) is 4. The molecule has 1 aliphatic heterocycles. The molecule has 0 bridgehead atoms. The van der Waals surface area contributed by atoms with E-state index in [4.69, 9.17) is 4.74 Å². The van der Waals surface area contributed by atoms with Gasteiger partial charge in [0.15, 0.2) is 0 Å². The molecule has 0 unspecified atom stereocenters. The number of ether oxygens (including phenoxy) is 2. The zero-order valence-corrected chi connectivity index (χ0v) is 15.1. The molecule has 7 heteroatoms. The number of amides is 1. The zero-order valence-electron chi connectivity index (χ0n) is 15.1. The first-order chi connectivity index (χ1) is 13.0. The molecule has 0 aromatic heterocycles. The summed E-state index contributed by atoms with van der Waals surface area (Å²) in [5.41, 5.74) is 1.85. The van der Waals surface area contributed by atoms with Gasteiger partial charge in [0.05, 0.1) is 13.5 Å². The van der Waals surface area contributed by atoms with Gasteiger partial charge in [-0.3, -0.25) is 4.79 Å². The number of nitrogens with zero attached hydrogens (tertiary/aromatic N) is 2. The van der Waals surface area contributed by atoms with Crippen LogP contribution in [-0.2, 0) is 11.2 Å². The van der Waals surface area contributed by atoms with Gasteiger partial charge in [0.1, 0.15) is 11.5 Å². The standard InChI is InChI=1S/C20H22F2N2O3/c1-26-18-4-2-3-16(14-18)23-9-11-24(12-10-23)19(25)13-15-5-7-17(8-6-15)27-20(21)22/h2-8,14,20H,9-13H2,1H3. The number of halogens is 2. The van der Waals surface area contributed by atoms with Crippen LogP contribution in [0.3, 0.4) is 0 Å². The molecule has 0 saturated carbocycles. The molecule has 1 saturated heterocycles. The van der Waals surface area contributed by atoms with Gasteiger partial charge in [-0.15, -0.1) is 0 Å². The van der Waals surface area contributed by atoms with Crippen molar-refractivity contribution in [3.8, 4) is 11.5 Å². The molecular formula is C20H22F2N2O3. The Balaban J connectivity index is 1.52. The molecule has 144 valence electrons. The van der Waals surface area contributed by atoms with Crippen LogP contribution in [0.1, 0.15) is 5.56 Å². The van der Waals surface area contributed by atoms with Crippen LogP contribution in [-0.4, -0.2) is 50.7 Å². The average Bonchev–Trinajstić information content (AvgIpc) is 2.69. The highest BCUT2D eigenvalue weighted by Crippen LogP contribution is 2.22. The lowest BCUT2D eigenvalue weighted by Crippen LogP contribution is -2.49. The molecule has 1 fully saturated rings. The van der Waals surface area contributed by atoms with E-state index in [0.717, 1.165) is 30.1 Å². The first kappa shape index (κ1) is 18.9. The number of carbonyl (C=O) groups excluding carboxylic acids is 1. The van der Waals surface area contributed by atoms with Gasteiger partial charge in [-0.25, -0.2) is 0 Å². The first-order valence-corrected chi connectivity index (χ1v) is 8.75. The maximum absolute atomic E-state index is 12.5. The highest BCUT2D eigenvalue weighted by Gasteiger charge is 2.21. The first-order valence-electron chi connectivity index (χ1n) is 8.75. The average molecular weight is 376 g/mol. The summed E-state index contributed by atoms with van der Waals surface area (Å²) in [5.74, 6) is 0.932. The molecule has 1 amide bonds.